The SMILES string of the molecule is COc1ccc(C(O)(C(=O)Cn2ccnc2C(C)C)C2CCCCC2)cc1. The summed E-state index contributed by atoms with van der Waals surface area (Å²) in [6, 6.07) is 7.27. The molecule has 1 aliphatic rings. The minimum Gasteiger partial charge on any atom is -0.497 e. The molecule has 146 valence electrons. The van der Waals surface area contributed by atoms with Crippen LogP contribution in [0.1, 0.15) is 63.3 Å². The molecule has 1 unspecified atom stereocenters. The Morgan fingerprint density at radius 3 is 2.52 bits per heavy atom. The zero-order valence-corrected chi connectivity index (χ0v) is 16.5. The van der Waals surface area contributed by atoms with E-state index in [1.165, 1.54) is 6.42 Å². The molecular weight excluding hydrogens is 340 g/mol. The van der Waals surface area contributed by atoms with Gasteiger partial charge in [0.05, 0.1) is 13.7 Å². The minimum atomic E-state index is -1.48. The summed E-state index contributed by atoms with van der Waals surface area (Å²) in [7, 11) is 1.61. The summed E-state index contributed by atoms with van der Waals surface area (Å²) in [5, 5.41) is 11.7. The lowest BCUT2D eigenvalue weighted by atomic mass is 9.71. The third-order valence-electron chi connectivity index (χ3n) is 5.73. The highest BCUT2D eigenvalue weighted by Crippen LogP contribution is 2.41. The van der Waals surface area contributed by atoms with Gasteiger partial charge in [-0.05, 0) is 36.5 Å². The molecule has 1 aromatic carbocycles. The highest BCUT2D eigenvalue weighted by atomic mass is 16.5. The highest BCUT2D eigenvalue weighted by Gasteiger charge is 2.45. The van der Waals surface area contributed by atoms with E-state index in [0.717, 1.165) is 31.5 Å². The van der Waals surface area contributed by atoms with Gasteiger partial charge in [-0.1, -0.05) is 45.2 Å². The standard InChI is InChI=1S/C22H30N2O3/c1-16(2)21-23-13-14-24(21)15-20(25)22(26,17-7-5-4-6-8-17)18-9-11-19(27-3)12-10-18/h9-14,16-17,26H,4-8,15H2,1-3H3. The fraction of sp³-hybridized carbons (Fsp3) is 0.545. The number of methoxy groups -OCH3 is 1. The average Bonchev–Trinajstić information content (AvgIpc) is 3.16. The van der Waals surface area contributed by atoms with Crippen molar-refractivity contribution in [3.63, 3.8) is 0 Å². The Labute approximate surface area is 161 Å². The third-order valence-corrected chi connectivity index (χ3v) is 5.73. The Morgan fingerprint density at radius 2 is 1.93 bits per heavy atom. The molecule has 1 aromatic heterocycles. The number of carbonyl (C=O) groups is 1. The predicted molar refractivity (Wildman–Crippen MR) is 105 cm³/mol. The van der Waals surface area contributed by atoms with Crippen LogP contribution in [0.5, 0.6) is 5.75 Å². The number of imidazole rings is 1. The third kappa shape index (κ3) is 3.93. The molecular formula is C22H30N2O3. The van der Waals surface area contributed by atoms with E-state index >= 15 is 0 Å². The molecule has 3 rings (SSSR count). The van der Waals surface area contributed by atoms with Crippen LogP contribution in [0.25, 0.3) is 0 Å². The number of rotatable bonds is 7. The molecule has 0 bridgehead atoms. The maximum Gasteiger partial charge on any atom is 0.188 e. The molecule has 0 spiro atoms. The van der Waals surface area contributed by atoms with E-state index in [1.807, 2.05) is 35.0 Å². The van der Waals surface area contributed by atoms with Crippen molar-refractivity contribution < 1.29 is 14.6 Å². The van der Waals surface area contributed by atoms with E-state index in [-0.39, 0.29) is 24.2 Å². The normalized spacial score (nSPS) is 17.7. The quantitative estimate of drug-likeness (QED) is 0.798. The van der Waals surface area contributed by atoms with Gasteiger partial charge in [0.15, 0.2) is 11.4 Å². The first-order valence-electron chi connectivity index (χ1n) is 9.88. The number of aliphatic hydroxyl groups is 1. The van der Waals surface area contributed by atoms with Crippen molar-refractivity contribution in [2.24, 2.45) is 5.92 Å². The maximum atomic E-state index is 13.4. The van der Waals surface area contributed by atoms with Crippen molar-refractivity contribution in [2.45, 2.75) is 64.0 Å². The van der Waals surface area contributed by atoms with Gasteiger partial charge in [0.2, 0.25) is 0 Å². The second-order valence-corrected chi connectivity index (χ2v) is 7.82. The largest absolute Gasteiger partial charge is 0.497 e. The van der Waals surface area contributed by atoms with Gasteiger partial charge in [-0.25, -0.2) is 4.98 Å². The van der Waals surface area contributed by atoms with Gasteiger partial charge in [0.25, 0.3) is 0 Å². The van der Waals surface area contributed by atoms with Crippen LogP contribution in [0, 0.1) is 5.92 Å². The lowest BCUT2D eigenvalue weighted by molar-refractivity contribution is -0.147. The van der Waals surface area contributed by atoms with Crippen LogP contribution in [-0.2, 0) is 16.9 Å². The van der Waals surface area contributed by atoms with Crippen molar-refractivity contribution in [3.05, 3.63) is 48.0 Å². The van der Waals surface area contributed by atoms with Crippen molar-refractivity contribution in [3.8, 4) is 5.75 Å². The number of hydrogen-bond donors (Lipinski definition) is 1. The van der Waals surface area contributed by atoms with Crippen LogP contribution in [0.3, 0.4) is 0 Å². The number of Topliss-reactive ketones (excluding diaryl/α,β-unsaturated/α-hetero) is 1. The topological polar surface area (TPSA) is 64.3 Å². The van der Waals surface area contributed by atoms with Gasteiger partial charge in [-0.15, -0.1) is 0 Å². The Balaban J connectivity index is 1.95. The second kappa shape index (κ2) is 8.26. The number of carbonyl (C=O) groups excluding carboxylic acids is 1. The number of ether oxygens (including phenoxy) is 1. The minimum absolute atomic E-state index is 0.0573. The van der Waals surface area contributed by atoms with E-state index < -0.39 is 5.60 Å². The number of nitrogens with zero attached hydrogens (tertiary/aromatic N) is 2. The van der Waals surface area contributed by atoms with Gasteiger partial charge < -0.3 is 14.4 Å². The summed E-state index contributed by atoms with van der Waals surface area (Å²) >= 11 is 0. The van der Waals surface area contributed by atoms with Crippen LogP contribution in [0.15, 0.2) is 36.7 Å². The average molecular weight is 370 g/mol. The maximum absolute atomic E-state index is 13.4. The summed E-state index contributed by atoms with van der Waals surface area (Å²) in [5.74, 6) is 1.58. The van der Waals surface area contributed by atoms with Crippen molar-refractivity contribution in [2.75, 3.05) is 7.11 Å². The lowest BCUT2D eigenvalue weighted by Gasteiger charge is -2.38. The fourth-order valence-electron chi connectivity index (χ4n) is 4.22. The first kappa shape index (κ1) is 19.6. The van der Waals surface area contributed by atoms with Crippen LogP contribution in [0.4, 0.5) is 0 Å². The highest BCUT2D eigenvalue weighted by molar-refractivity contribution is 5.88. The van der Waals surface area contributed by atoms with E-state index in [4.69, 9.17) is 4.74 Å². The Kier molecular flexibility index (Phi) is 6.00. The van der Waals surface area contributed by atoms with Gasteiger partial charge in [0.1, 0.15) is 11.6 Å². The van der Waals surface area contributed by atoms with E-state index in [9.17, 15) is 9.90 Å². The van der Waals surface area contributed by atoms with Gasteiger partial charge in [-0.2, -0.15) is 0 Å². The Hall–Kier alpha value is -2.14. The first-order chi connectivity index (χ1) is 13.0. The molecule has 1 aliphatic carbocycles. The number of benzene rings is 1. The fourth-order valence-corrected chi connectivity index (χ4v) is 4.22. The van der Waals surface area contributed by atoms with Gasteiger partial charge >= 0.3 is 0 Å². The monoisotopic (exact) mass is 370 g/mol. The molecule has 27 heavy (non-hydrogen) atoms. The second-order valence-electron chi connectivity index (χ2n) is 7.82. The van der Waals surface area contributed by atoms with Crippen LogP contribution in [-0.4, -0.2) is 27.6 Å². The smallest absolute Gasteiger partial charge is 0.188 e. The summed E-state index contributed by atoms with van der Waals surface area (Å²) in [4.78, 5) is 17.8. The zero-order chi connectivity index (χ0) is 19.4. The van der Waals surface area contributed by atoms with Crippen LogP contribution in [0.2, 0.25) is 0 Å². The number of ketones is 1. The van der Waals surface area contributed by atoms with Crippen LogP contribution < -0.4 is 4.74 Å². The van der Waals surface area contributed by atoms with E-state index in [2.05, 4.69) is 18.8 Å². The summed E-state index contributed by atoms with van der Waals surface area (Å²) in [6.07, 6.45) is 8.56. The molecule has 0 aliphatic heterocycles. The number of aromatic nitrogens is 2. The molecule has 1 N–H and O–H groups in total. The molecule has 0 amide bonds. The molecule has 0 radical (unpaired) electrons. The van der Waals surface area contributed by atoms with Crippen molar-refractivity contribution in [1.82, 2.24) is 9.55 Å². The van der Waals surface area contributed by atoms with Gasteiger partial charge in [-0.3, -0.25) is 4.79 Å². The Morgan fingerprint density at radius 1 is 1.26 bits per heavy atom. The van der Waals surface area contributed by atoms with Crippen molar-refractivity contribution >= 4 is 5.78 Å². The lowest BCUT2D eigenvalue weighted by Crippen LogP contribution is -2.45. The van der Waals surface area contributed by atoms with Crippen LogP contribution >= 0.6 is 0 Å². The molecule has 5 heteroatoms. The number of hydrogen-bond acceptors (Lipinski definition) is 4. The summed E-state index contributed by atoms with van der Waals surface area (Å²) in [6.45, 7) is 4.24. The predicted octanol–water partition coefficient (Wildman–Crippen LogP) is 4.05. The van der Waals surface area contributed by atoms with Gasteiger partial charge in [0, 0.05) is 18.3 Å². The van der Waals surface area contributed by atoms with E-state index in [0.29, 0.717) is 11.3 Å². The molecule has 1 heterocycles. The molecule has 1 fully saturated rings. The molecule has 0 saturated heterocycles. The molecule has 1 atom stereocenters. The zero-order valence-electron chi connectivity index (χ0n) is 16.5. The summed E-state index contributed by atoms with van der Waals surface area (Å²) < 4.78 is 7.10. The summed E-state index contributed by atoms with van der Waals surface area (Å²) in [5.41, 5.74) is -0.822. The Bertz CT molecular complexity index is 760. The molecule has 1 saturated carbocycles. The molecule has 2 aromatic rings. The van der Waals surface area contributed by atoms with Crippen molar-refractivity contribution in [1.29, 1.82) is 0 Å². The molecule has 5 nitrogen and oxygen atoms in total. The van der Waals surface area contributed by atoms with E-state index in [1.54, 1.807) is 13.3 Å². The first-order valence-corrected chi connectivity index (χ1v) is 9.88.